The Bertz CT molecular complexity index is 286. The SMILES string of the molecule is CCCCOC(=O)C(CC1CCCC1)C(=O)OCCCC. The van der Waals surface area contributed by atoms with E-state index < -0.39 is 17.9 Å². The highest BCUT2D eigenvalue weighted by atomic mass is 16.6. The molecule has 0 spiro atoms. The molecule has 21 heavy (non-hydrogen) atoms. The first-order chi connectivity index (χ1) is 10.2. The summed E-state index contributed by atoms with van der Waals surface area (Å²) >= 11 is 0. The predicted molar refractivity (Wildman–Crippen MR) is 81.8 cm³/mol. The van der Waals surface area contributed by atoms with Crippen LogP contribution in [0.2, 0.25) is 0 Å². The Morgan fingerprint density at radius 3 is 1.86 bits per heavy atom. The van der Waals surface area contributed by atoms with Gasteiger partial charge >= 0.3 is 11.9 Å². The van der Waals surface area contributed by atoms with E-state index in [1.54, 1.807) is 0 Å². The van der Waals surface area contributed by atoms with Crippen LogP contribution in [-0.2, 0) is 19.1 Å². The fraction of sp³-hybridized carbons (Fsp3) is 0.882. The van der Waals surface area contributed by atoms with Crippen LogP contribution in [-0.4, -0.2) is 25.2 Å². The topological polar surface area (TPSA) is 52.6 Å². The van der Waals surface area contributed by atoms with E-state index in [-0.39, 0.29) is 0 Å². The van der Waals surface area contributed by atoms with Crippen molar-refractivity contribution in [3.05, 3.63) is 0 Å². The third-order valence-electron chi connectivity index (χ3n) is 4.10. The van der Waals surface area contributed by atoms with Crippen molar-refractivity contribution in [1.82, 2.24) is 0 Å². The number of hydrogen-bond donors (Lipinski definition) is 0. The van der Waals surface area contributed by atoms with Gasteiger partial charge in [-0.2, -0.15) is 0 Å². The fourth-order valence-corrected chi connectivity index (χ4v) is 2.70. The van der Waals surface area contributed by atoms with Crippen molar-refractivity contribution in [2.24, 2.45) is 11.8 Å². The molecule has 0 radical (unpaired) electrons. The molecule has 0 saturated heterocycles. The summed E-state index contributed by atoms with van der Waals surface area (Å²) in [5.41, 5.74) is 0. The molecule has 4 heteroatoms. The van der Waals surface area contributed by atoms with Gasteiger partial charge in [0.25, 0.3) is 0 Å². The molecule has 0 aromatic carbocycles. The van der Waals surface area contributed by atoms with Gasteiger partial charge in [0.05, 0.1) is 13.2 Å². The van der Waals surface area contributed by atoms with Crippen molar-refractivity contribution in [3.63, 3.8) is 0 Å². The summed E-state index contributed by atoms with van der Waals surface area (Å²) in [5, 5.41) is 0. The molecule has 4 nitrogen and oxygen atoms in total. The molecule has 0 unspecified atom stereocenters. The standard InChI is InChI=1S/C17H30O4/c1-3-5-11-20-16(18)15(13-14-9-7-8-10-14)17(19)21-12-6-4-2/h14-15H,3-13H2,1-2H3. The average Bonchev–Trinajstić information content (AvgIpc) is 2.98. The molecule has 0 N–H and O–H groups in total. The van der Waals surface area contributed by atoms with E-state index in [0.29, 0.717) is 25.6 Å². The van der Waals surface area contributed by atoms with Crippen LogP contribution in [0.1, 0.15) is 71.6 Å². The molecule has 0 amide bonds. The van der Waals surface area contributed by atoms with Gasteiger partial charge in [0.2, 0.25) is 0 Å². The van der Waals surface area contributed by atoms with Gasteiger partial charge in [0.15, 0.2) is 5.92 Å². The molecule has 0 aromatic rings. The van der Waals surface area contributed by atoms with Crippen molar-refractivity contribution in [2.45, 2.75) is 71.6 Å². The highest BCUT2D eigenvalue weighted by Gasteiger charge is 2.33. The second-order valence-corrected chi connectivity index (χ2v) is 5.98. The minimum atomic E-state index is -0.721. The minimum Gasteiger partial charge on any atom is -0.465 e. The number of esters is 2. The number of rotatable bonds is 10. The fourth-order valence-electron chi connectivity index (χ4n) is 2.70. The first-order valence-electron chi connectivity index (χ1n) is 8.52. The first kappa shape index (κ1) is 18.0. The summed E-state index contributed by atoms with van der Waals surface area (Å²) in [6, 6.07) is 0. The lowest BCUT2D eigenvalue weighted by Gasteiger charge is -2.18. The van der Waals surface area contributed by atoms with E-state index in [0.717, 1.165) is 38.5 Å². The number of carbonyl (C=O) groups is 2. The highest BCUT2D eigenvalue weighted by molar-refractivity contribution is 5.94. The third kappa shape index (κ3) is 6.96. The zero-order valence-corrected chi connectivity index (χ0v) is 13.6. The van der Waals surface area contributed by atoms with E-state index in [4.69, 9.17) is 9.47 Å². The molecule has 1 fully saturated rings. The lowest BCUT2D eigenvalue weighted by atomic mass is 9.93. The lowest BCUT2D eigenvalue weighted by Crippen LogP contribution is -2.30. The minimum absolute atomic E-state index is 0.392. The highest BCUT2D eigenvalue weighted by Crippen LogP contribution is 2.31. The summed E-state index contributed by atoms with van der Waals surface area (Å²) in [4.78, 5) is 24.3. The number of unbranched alkanes of at least 4 members (excludes halogenated alkanes) is 2. The predicted octanol–water partition coefficient (Wildman–Crippen LogP) is 3.87. The smallest absolute Gasteiger partial charge is 0.320 e. The number of hydrogen-bond acceptors (Lipinski definition) is 4. The molecule has 1 saturated carbocycles. The maximum Gasteiger partial charge on any atom is 0.320 e. The van der Waals surface area contributed by atoms with Gasteiger partial charge in [-0.1, -0.05) is 52.4 Å². The van der Waals surface area contributed by atoms with Gasteiger partial charge in [0, 0.05) is 0 Å². The van der Waals surface area contributed by atoms with E-state index >= 15 is 0 Å². The summed E-state index contributed by atoms with van der Waals surface area (Å²) in [5.74, 6) is -1.04. The van der Waals surface area contributed by atoms with Gasteiger partial charge in [-0.25, -0.2) is 0 Å². The number of carbonyl (C=O) groups excluding carboxylic acids is 2. The second kappa shape index (κ2) is 10.6. The Morgan fingerprint density at radius 2 is 1.43 bits per heavy atom. The van der Waals surface area contributed by atoms with Crippen LogP contribution >= 0.6 is 0 Å². The van der Waals surface area contributed by atoms with Gasteiger partial charge in [-0.3, -0.25) is 9.59 Å². The Labute approximate surface area is 128 Å². The maximum absolute atomic E-state index is 12.2. The number of ether oxygens (including phenoxy) is 2. The van der Waals surface area contributed by atoms with Crippen molar-refractivity contribution in [3.8, 4) is 0 Å². The van der Waals surface area contributed by atoms with Crippen molar-refractivity contribution in [2.75, 3.05) is 13.2 Å². The van der Waals surface area contributed by atoms with Crippen LogP contribution < -0.4 is 0 Å². The van der Waals surface area contributed by atoms with E-state index in [1.807, 2.05) is 13.8 Å². The van der Waals surface area contributed by atoms with Gasteiger partial charge in [-0.05, 0) is 25.2 Å². The first-order valence-corrected chi connectivity index (χ1v) is 8.52. The maximum atomic E-state index is 12.2. The molecule has 0 atom stereocenters. The van der Waals surface area contributed by atoms with Crippen LogP contribution in [0, 0.1) is 11.8 Å². The van der Waals surface area contributed by atoms with Crippen molar-refractivity contribution < 1.29 is 19.1 Å². The molecule has 1 aliphatic rings. The zero-order chi connectivity index (χ0) is 15.5. The molecule has 0 heterocycles. The van der Waals surface area contributed by atoms with Gasteiger partial charge < -0.3 is 9.47 Å². The molecule has 0 bridgehead atoms. The molecule has 0 aliphatic heterocycles. The average molecular weight is 298 g/mol. The third-order valence-corrected chi connectivity index (χ3v) is 4.10. The molecule has 1 rings (SSSR count). The quantitative estimate of drug-likeness (QED) is 0.349. The summed E-state index contributed by atoms with van der Waals surface area (Å²) < 4.78 is 10.5. The molecule has 122 valence electrons. The van der Waals surface area contributed by atoms with Crippen molar-refractivity contribution >= 4 is 11.9 Å². The Kier molecular flexibility index (Phi) is 9.11. The Morgan fingerprint density at radius 1 is 0.952 bits per heavy atom. The van der Waals surface area contributed by atoms with Crippen LogP contribution in [0.4, 0.5) is 0 Å². The molecule has 1 aliphatic carbocycles. The van der Waals surface area contributed by atoms with E-state index in [1.165, 1.54) is 12.8 Å². The molecular formula is C17H30O4. The van der Waals surface area contributed by atoms with Crippen LogP contribution in [0.5, 0.6) is 0 Å². The van der Waals surface area contributed by atoms with Crippen molar-refractivity contribution in [1.29, 1.82) is 0 Å². The monoisotopic (exact) mass is 298 g/mol. The zero-order valence-electron chi connectivity index (χ0n) is 13.6. The summed E-state index contributed by atoms with van der Waals surface area (Å²) in [6.45, 7) is 4.89. The van der Waals surface area contributed by atoms with Crippen LogP contribution in [0.25, 0.3) is 0 Å². The largest absolute Gasteiger partial charge is 0.465 e. The Balaban J connectivity index is 2.50. The van der Waals surface area contributed by atoms with Gasteiger partial charge in [-0.15, -0.1) is 0 Å². The molecular weight excluding hydrogens is 268 g/mol. The normalized spacial score (nSPS) is 15.4. The Hall–Kier alpha value is -1.06. The van der Waals surface area contributed by atoms with Gasteiger partial charge in [0.1, 0.15) is 0 Å². The second-order valence-electron chi connectivity index (χ2n) is 5.98. The lowest BCUT2D eigenvalue weighted by molar-refractivity contribution is -0.163. The van der Waals surface area contributed by atoms with E-state index in [2.05, 4.69) is 0 Å². The summed E-state index contributed by atoms with van der Waals surface area (Å²) in [7, 11) is 0. The van der Waals surface area contributed by atoms with Crippen LogP contribution in [0.3, 0.4) is 0 Å². The summed E-state index contributed by atoms with van der Waals surface area (Å²) in [6.07, 6.45) is 8.85. The van der Waals surface area contributed by atoms with Crippen LogP contribution in [0.15, 0.2) is 0 Å². The molecule has 0 aromatic heterocycles. The van der Waals surface area contributed by atoms with E-state index in [9.17, 15) is 9.59 Å².